The van der Waals surface area contributed by atoms with Gasteiger partial charge in [-0.1, -0.05) is 0 Å². The summed E-state index contributed by atoms with van der Waals surface area (Å²) in [6.07, 6.45) is -0.927. The first-order valence-corrected chi connectivity index (χ1v) is 6.00. The van der Waals surface area contributed by atoms with Gasteiger partial charge in [-0.3, -0.25) is 4.90 Å². The van der Waals surface area contributed by atoms with Crippen LogP contribution in [-0.2, 0) is 0 Å². The number of hydrogen-bond donors (Lipinski definition) is 1. The van der Waals surface area contributed by atoms with Crippen LogP contribution in [0, 0.1) is 5.92 Å². The van der Waals surface area contributed by atoms with E-state index in [4.69, 9.17) is 0 Å². The van der Waals surface area contributed by atoms with Crippen molar-refractivity contribution >= 4 is 0 Å². The van der Waals surface area contributed by atoms with Crippen molar-refractivity contribution in [1.29, 1.82) is 0 Å². The Morgan fingerprint density at radius 2 is 1.94 bits per heavy atom. The van der Waals surface area contributed by atoms with Crippen LogP contribution >= 0.6 is 0 Å². The van der Waals surface area contributed by atoms with Gasteiger partial charge in [0.05, 0.1) is 6.54 Å². The lowest BCUT2D eigenvalue weighted by Gasteiger charge is -2.29. The Morgan fingerprint density at radius 3 is 2.50 bits per heavy atom. The summed E-state index contributed by atoms with van der Waals surface area (Å²) in [6, 6.07) is 0.296. The highest BCUT2D eigenvalue weighted by molar-refractivity contribution is 4.92. The molecule has 2 atom stereocenters. The number of rotatable bonds is 2. The van der Waals surface area contributed by atoms with Crippen LogP contribution in [0.1, 0.15) is 26.2 Å². The first kappa shape index (κ1) is 12.2. The van der Waals surface area contributed by atoms with Gasteiger partial charge < -0.3 is 5.32 Å². The van der Waals surface area contributed by atoms with Gasteiger partial charge in [-0.15, -0.1) is 0 Å². The van der Waals surface area contributed by atoms with Crippen LogP contribution < -0.4 is 5.32 Å². The van der Waals surface area contributed by atoms with Gasteiger partial charge in [0.2, 0.25) is 0 Å². The molecule has 0 radical (unpaired) electrons. The molecule has 1 saturated carbocycles. The molecule has 94 valence electrons. The van der Waals surface area contributed by atoms with Crippen LogP contribution in [0.5, 0.6) is 0 Å². The highest BCUT2D eigenvalue weighted by Crippen LogP contribution is 2.34. The fourth-order valence-electron chi connectivity index (χ4n) is 2.42. The third-order valence-corrected chi connectivity index (χ3v) is 3.60. The molecule has 1 aliphatic carbocycles. The molecule has 0 amide bonds. The molecule has 16 heavy (non-hydrogen) atoms. The number of halogens is 3. The predicted octanol–water partition coefficient (Wildman–Crippen LogP) is 2.01. The van der Waals surface area contributed by atoms with Gasteiger partial charge in [-0.25, -0.2) is 0 Å². The first-order valence-electron chi connectivity index (χ1n) is 6.00. The summed E-state index contributed by atoms with van der Waals surface area (Å²) < 4.78 is 37.3. The third-order valence-electron chi connectivity index (χ3n) is 3.60. The lowest BCUT2D eigenvalue weighted by atomic mass is 10.1. The number of nitrogens with zero attached hydrogens (tertiary/aromatic N) is 1. The zero-order valence-corrected chi connectivity index (χ0v) is 9.56. The Balaban J connectivity index is 1.95. The number of hydrogen-bond acceptors (Lipinski definition) is 2. The van der Waals surface area contributed by atoms with Gasteiger partial charge in [0.1, 0.15) is 0 Å². The van der Waals surface area contributed by atoms with Gasteiger partial charge in [-0.05, 0) is 38.6 Å². The zero-order chi connectivity index (χ0) is 11.8. The second-order valence-electron chi connectivity index (χ2n) is 5.08. The number of alkyl halides is 3. The largest absolute Gasteiger partial charge is 0.401 e. The van der Waals surface area contributed by atoms with Crippen molar-refractivity contribution < 1.29 is 13.2 Å². The topological polar surface area (TPSA) is 15.3 Å². The molecule has 5 heteroatoms. The third kappa shape index (κ3) is 3.35. The van der Waals surface area contributed by atoms with Crippen molar-refractivity contribution in [2.24, 2.45) is 5.92 Å². The van der Waals surface area contributed by atoms with Crippen LogP contribution in [0.25, 0.3) is 0 Å². The molecule has 2 nitrogen and oxygen atoms in total. The molecule has 0 bridgehead atoms. The van der Waals surface area contributed by atoms with Gasteiger partial charge in [0.15, 0.2) is 0 Å². The van der Waals surface area contributed by atoms with E-state index < -0.39 is 12.7 Å². The first-order chi connectivity index (χ1) is 7.46. The minimum atomic E-state index is -4.08. The quantitative estimate of drug-likeness (QED) is 0.789. The second kappa shape index (κ2) is 4.53. The van der Waals surface area contributed by atoms with E-state index >= 15 is 0 Å². The lowest BCUT2D eigenvalue weighted by molar-refractivity contribution is -0.150. The van der Waals surface area contributed by atoms with Crippen molar-refractivity contribution in [2.75, 3.05) is 19.6 Å². The van der Waals surface area contributed by atoms with Crippen molar-refractivity contribution in [2.45, 2.75) is 44.4 Å². The minimum Gasteiger partial charge on any atom is -0.312 e. The van der Waals surface area contributed by atoms with Crippen molar-refractivity contribution in [3.8, 4) is 0 Å². The van der Waals surface area contributed by atoms with Crippen molar-refractivity contribution in [3.05, 3.63) is 0 Å². The highest BCUT2D eigenvalue weighted by Gasteiger charge is 2.38. The summed E-state index contributed by atoms with van der Waals surface area (Å²) >= 11 is 0. The molecule has 2 rings (SSSR count). The van der Waals surface area contributed by atoms with E-state index in [9.17, 15) is 13.2 Å². The van der Waals surface area contributed by atoms with Gasteiger partial charge in [0, 0.05) is 18.6 Å². The Morgan fingerprint density at radius 1 is 1.25 bits per heavy atom. The molecule has 1 N–H and O–H groups in total. The van der Waals surface area contributed by atoms with E-state index in [-0.39, 0.29) is 12.1 Å². The molecule has 1 aliphatic heterocycles. The Hall–Kier alpha value is -0.290. The van der Waals surface area contributed by atoms with E-state index in [0.717, 1.165) is 13.0 Å². The number of nitrogens with one attached hydrogen (secondary N) is 1. The SMILES string of the molecule is CC1CCNC(C2CC2)CN1CC(F)(F)F. The van der Waals surface area contributed by atoms with Gasteiger partial charge in [-0.2, -0.15) is 13.2 Å². The molecule has 1 saturated heterocycles. The van der Waals surface area contributed by atoms with E-state index in [0.29, 0.717) is 12.5 Å². The van der Waals surface area contributed by atoms with Crippen LogP contribution in [0.15, 0.2) is 0 Å². The van der Waals surface area contributed by atoms with Gasteiger partial charge in [0.25, 0.3) is 0 Å². The van der Waals surface area contributed by atoms with E-state index in [1.807, 2.05) is 6.92 Å². The molecule has 2 unspecified atom stereocenters. The Labute approximate surface area is 94.2 Å². The Kier molecular flexibility index (Phi) is 3.45. The maximum Gasteiger partial charge on any atom is 0.401 e. The summed E-state index contributed by atoms with van der Waals surface area (Å²) in [5, 5.41) is 3.38. The molecular formula is C11H19F3N2. The molecule has 2 fully saturated rings. The average Bonchev–Trinajstić information content (AvgIpc) is 2.93. The van der Waals surface area contributed by atoms with Crippen molar-refractivity contribution in [3.63, 3.8) is 0 Å². The predicted molar refractivity (Wildman–Crippen MR) is 56.2 cm³/mol. The highest BCUT2D eigenvalue weighted by atomic mass is 19.4. The van der Waals surface area contributed by atoms with E-state index in [2.05, 4.69) is 5.32 Å². The molecule has 0 aromatic carbocycles. The smallest absolute Gasteiger partial charge is 0.312 e. The molecule has 0 aromatic rings. The lowest BCUT2D eigenvalue weighted by Crippen LogP contribution is -2.45. The van der Waals surface area contributed by atoms with E-state index in [1.165, 1.54) is 12.8 Å². The standard InChI is InChI=1S/C11H19F3N2/c1-8-4-5-15-10(9-2-3-9)6-16(8)7-11(12,13)14/h8-10,15H,2-7H2,1H3. The molecule has 2 aliphatic rings. The maximum atomic E-state index is 12.4. The van der Waals surface area contributed by atoms with Crippen molar-refractivity contribution in [1.82, 2.24) is 10.2 Å². The maximum absolute atomic E-state index is 12.4. The molecule has 1 heterocycles. The monoisotopic (exact) mass is 236 g/mol. The zero-order valence-electron chi connectivity index (χ0n) is 9.56. The van der Waals surface area contributed by atoms with Crippen LogP contribution in [0.4, 0.5) is 13.2 Å². The fourth-order valence-corrected chi connectivity index (χ4v) is 2.42. The summed E-state index contributed by atoms with van der Waals surface area (Å²) in [7, 11) is 0. The molecular weight excluding hydrogens is 217 g/mol. The fraction of sp³-hybridized carbons (Fsp3) is 1.00. The van der Waals surface area contributed by atoms with Gasteiger partial charge >= 0.3 is 6.18 Å². The molecule has 0 aromatic heterocycles. The average molecular weight is 236 g/mol. The van der Waals surface area contributed by atoms with Crippen LogP contribution in [-0.4, -0.2) is 42.8 Å². The normalized spacial score (nSPS) is 33.8. The van der Waals surface area contributed by atoms with Crippen LogP contribution in [0.3, 0.4) is 0 Å². The second-order valence-corrected chi connectivity index (χ2v) is 5.08. The Bertz CT molecular complexity index is 238. The van der Waals surface area contributed by atoms with Crippen LogP contribution in [0.2, 0.25) is 0 Å². The summed E-state index contributed by atoms with van der Waals surface area (Å²) in [4.78, 5) is 1.59. The summed E-state index contributed by atoms with van der Waals surface area (Å²) in [5.74, 6) is 0.612. The molecule has 0 spiro atoms. The minimum absolute atomic E-state index is 0.0258. The summed E-state index contributed by atoms with van der Waals surface area (Å²) in [5.41, 5.74) is 0. The van der Waals surface area contributed by atoms with E-state index in [1.54, 1.807) is 4.90 Å². The summed E-state index contributed by atoms with van der Waals surface area (Å²) in [6.45, 7) is 2.52.